The number of benzene rings is 2. The molecule has 0 radical (unpaired) electrons. The summed E-state index contributed by atoms with van der Waals surface area (Å²) in [4.78, 5) is 12.2. The van der Waals surface area contributed by atoms with Crippen molar-refractivity contribution < 1.29 is 73.3 Å². The van der Waals surface area contributed by atoms with Gasteiger partial charge in [-0.15, -0.1) is 0 Å². The van der Waals surface area contributed by atoms with Crippen LogP contribution >= 0.6 is 0 Å². The van der Waals surface area contributed by atoms with E-state index in [-0.39, 0.29) is 28.6 Å². The number of rotatable bonds is 11. The molecule has 2 aliphatic heterocycles. The lowest BCUT2D eigenvalue weighted by Crippen LogP contribution is -2.60. The van der Waals surface area contributed by atoms with Crippen LogP contribution in [0, 0.1) is 0 Å². The molecule has 2 aromatic rings. The highest BCUT2D eigenvalue weighted by molar-refractivity contribution is 5.89. The predicted octanol–water partition coefficient (Wildman–Crippen LogP) is -1.07. The van der Waals surface area contributed by atoms with Crippen LogP contribution in [0.2, 0.25) is 0 Å². The summed E-state index contributed by atoms with van der Waals surface area (Å²) in [5.74, 6) is 0.0856. The summed E-state index contributed by atoms with van der Waals surface area (Å²) in [7, 11) is 4.23. The van der Waals surface area contributed by atoms with Gasteiger partial charge in [-0.1, -0.05) is 0 Å². The van der Waals surface area contributed by atoms with Crippen LogP contribution in [0.4, 0.5) is 0 Å². The quantitative estimate of drug-likeness (QED) is 0.170. The second-order valence-corrected chi connectivity index (χ2v) is 9.68. The highest BCUT2D eigenvalue weighted by Gasteiger charge is 2.51. The van der Waals surface area contributed by atoms with Gasteiger partial charge in [-0.2, -0.15) is 0 Å². The summed E-state index contributed by atoms with van der Waals surface area (Å²) in [6, 6.07) is 8.13. The van der Waals surface area contributed by atoms with E-state index in [0.717, 1.165) is 0 Å². The fraction of sp³-hybridized carbons (Fsp3) is 0.519. The van der Waals surface area contributed by atoms with Gasteiger partial charge in [0, 0.05) is 12.1 Å². The van der Waals surface area contributed by atoms with Crippen LogP contribution in [0.15, 0.2) is 36.4 Å². The number of carbonyl (C=O) groups excluding carboxylic acids is 1. The lowest BCUT2D eigenvalue weighted by molar-refractivity contribution is -0.289. The Hall–Kier alpha value is -3.41. The van der Waals surface area contributed by atoms with Crippen LogP contribution in [0.5, 0.6) is 28.7 Å². The van der Waals surface area contributed by atoms with Crippen LogP contribution in [0.25, 0.3) is 0 Å². The van der Waals surface area contributed by atoms with E-state index in [4.69, 9.17) is 37.9 Å². The molecule has 0 aromatic heterocycles. The minimum absolute atomic E-state index is 0.0436. The molecule has 2 heterocycles. The number of phenols is 1. The van der Waals surface area contributed by atoms with E-state index in [2.05, 4.69) is 0 Å². The van der Waals surface area contributed by atoms with E-state index in [9.17, 15) is 35.4 Å². The molecule has 2 aromatic carbocycles. The van der Waals surface area contributed by atoms with Crippen LogP contribution in [0.1, 0.15) is 10.4 Å². The molecule has 0 unspecified atom stereocenters. The van der Waals surface area contributed by atoms with Crippen molar-refractivity contribution in [2.45, 2.75) is 48.7 Å². The minimum Gasteiger partial charge on any atom is -0.508 e. The van der Waals surface area contributed by atoms with E-state index < -0.39 is 74.5 Å². The van der Waals surface area contributed by atoms with Crippen molar-refractivity contribution in [3.05, 3.63) is 42.0 Å². The second-order valence-electron chi connectivity index (χ2n) is 9.68. The zero-order valence-corrected chi connectivity index (χ0v) is 23.0. The van der Waals surface area contributed by atoms with Crippen LogP contribution < -0.4 is 18.9 Å². The van der Waals surface area contributed by atoms with Crippen LogP contribution in [-0.4, -0.2) is 126 Å². The largest absolute Gasteiger partial charge is 0.508 e. The second kappa shape index (κ2) is 13.3. The fourth-order valence-electron chi connectivity index (χ4n) is 4.39. The zero-order valence-electron chi connectivity index (χ0n) is 23.0. The number of aliphatic hydroxyl groups is 5. The van der Waals surface area contributed by atoms with Gasteiger partial charge in [0.2, 0.25) is 12.0 Å². The Kier molecular flexibility index (Phi) is 9.96. The number of methoxy groups -OCH3 is 3. The number of esters is 1. The van der Waals surface area contributed by atoms with Gasteiger partial charge < -0.3 is 68.5 Å². The van der Waals surface area contributed by atoms with Gasteiger partial charge in [0.05, 0.1) is 40.1 Å². The predicted molar refractivity (Wildman–Crippen MR) is 138 cm³/mol. The maximum absolute atomic E-state index is 12.2. The molecule has 15 nitrogen and oxygen atoms in total. The SMILES string of the molecule is COc1cc(O[C@@H]2O[C@H](CO[C@@H]3OC[C@](O)(COC(=O)c4ccc(O)cc4)[C@H]3O)[C@@H](O)[C@H](O)[C@H]2O)cc(OC)c1OC. The number of phenolic OH excluding ortho intramolecular Hbond substituents is 1. The summed E-state index contributed by atoms with van der Waals surface area (Å²) < 4.78 is 43.2. The molecule has 0 aliphatic carbocycles. The molecule has 2 aliphatic rings. The summed E-state index contributed by atoms with van der Waals surface area (Å²) in [6.45, 7) is -1.55. The summed E-state index contributed by atoms with van der Waals surface area (Å²) in [6.07, 6.45) is -10.8. The minimum atomic E-state index is -2.02. The first-order valence-electron chi connectivity index (χ1n) is 12.8. The molecular formula is C27H34O15. The van der Waals surface area contributed by atoms with Crippen LogP contribution in [0.3, 0.4) is 0 Å². The van der Waals surface area contributed by atoms with Gasteiger partial charge in [-0.25, -0.2) is 4.79 Å². The molecule has 8 atom stereocenters. The zero-order chi connectivity index (χ0) is 30.6. The van der Waals surface area contributed by atoms with E-state index in [1.54, 1.807) is 0 Å². The third-order valence-electron chi connectivity index (χ3n) is 6.85. The van der Waals surface area contributed by atoms with Gasteiger partial charge in [0.1, 0.15) is 48.6 Å². The van der Waals surface area contributed by atoms with Gasteiger partial charge >= 0.3 is 5.97 Å². The molecule has 0 saturated carbocycles. The van der Waals surface area contributed by atoms with Crippen molar-refractivity contribution in [3.63, 3.8) is 0 Å². The van der Waals surface area contributed by atoms with E-state index in [1.807, 2.05) is 0 Å². The third kappa shape index (κ3) is 6.63. The Bertz CT molecular complexity index is 1180. The lowest BCUT2D eigenvalue weighted by atomic mass is 9.99. The van der Waals surface area contributed by atoms with E-state index >= 15 is 0 Å². The van der Waals surface area contributed by atoms with Crippen molar-refractivity contribution >= 4 is 5.97 Å². The highest BCUT2D eigenvalue weighted by atomic mass is 16.7. The number of aliphatic hydroxyl groups excluding tert-OH is 4. The number of hydrogen-bond donors (Lipinski definition) is 6. The molecule has 42 heavy (non-hydrogen) atoms. The maximum Gasteiger partial charge on any atom is 0.338 e. The van der Waals surface area contributed by atoms with Crippen LogP contribution in [-0.2, 0) is 18.9 Å². The highest BCUT2D eigenvalue weighted by Crippen LogP contribution is 2.41. The van der Waals surface area contributed by atoms with E-state index in [1.165, 1.54) is 57.7 Å². The monoisotopic (exact) mass is 598 g/mol. The van der Waals surface area contributed by atoms with E-state index in [0.29, 0.717) is 5.75 Å². The maximum atomic E-state index is 12.2. The standard InChI is InChI=1S/C27H34O15/c1-35-16-8-15(9-17(36-2)22(16)37-3)41-25-21(31)20(30)19(29)18(42-25)10-38-26-23(32)27(34,12-40-26)11-39-24(33)13-4-6-14(28)7-5-13/h4-9,18-21,23,25-26,28-32,34H,10-12H2,1-3H3/t18-,19-,20+,21-,23+,25-,26-,27-/m1/s1. The molecule has 0 amide bonds. The third-order valence-corrected chi connectivity index (χ3v) is 6.85. The molecule has 232 valence electrons. The molecule has 0 bridgehead atoms. The Morgan fingerprint density at radius 2 is 1.57 bits per heavy atom. The Morgan fingerprint density at radius 1 is 0.929 bits per heavy atom. The molecular weight excluding hydrogens is 564 g/mol. The number of ether oxygens (including phenoxy) is 8. The summed E-state index contributed by atoms with van der Waals surface area (Å²) in [5, 5.41) is 62.2. The molecule has 15 heteroatoms. The molecule has 0 spiro atoms. The first kappa shape index (κ1) is 31.5. The summed E-state index contributed by atoms with van der Waals surface area (Å²) >= 11 is 0. The Balaban J connectivity index is 1.36. The first-order chi connectivity index (χ1) is 20.0. The van der Waals surface area contributed by atoms with Crippen molar-refractivity contribution in [1.29, 1.82) is 0 Å². The smallest absolute Gasteiger partial charge is 0.338 e. The number of aromatic hydroxyl groups is 1. The Morgan fingerprint density at radius 3 is 2.17 bits per heavy atom. The normalized spacial score (nSPS) is 30.9. The first-order valence-corrected chi connectivity index (χ1v) is 12.8. The average Bonchev–Trinajstić information content (AvgIpc) is 3.28. The fourth-order valence-corrected chi connectivity index (χ4v) is 4.39. The Labute approximate surface area is 240 Å². The van der Waals surface area contributed by atoms with Crippen molar-refractivity contribution in [3.8, 4) is 28.7 Å². The number of carbonyl (C=O) groups is 1. The van der Waals surface area contributed by atoms with Gasteiger partial charge in [-0.3, -0.25) is 0 Å². The van der Waals surface area contributed by atoms with Crippen molar-refractivity contribution in [1.82, 2.24) is 0 Å². The van der Waals surface area contributed by atoms with Crippen molar-refractivity contribution in [2.24, 2.45) is 0 Å². The molecule has 2 fully saturated rings. The summed E-state index contributed by atoms with van der Waals surface area (Å²) in [5.41, 5.74) is -1.90. The average molecular weight is 599 g/mol. The van der Waals surface area contributed by atoms with Gasteiger partial charge in [0.25, 0.3) is 0 Å². The van der Waals surface area contributed by atoms with Crippen molar-refractivity contribution in [2.75, 3.05) is 41.2 Å². The molecule has 4 rings (SSSR count). The van der Waals surface area contributed by atoms with Gasteiger partial charge in [-0.05, 0) is 24.3 Å². The number of hydrogen-bond acceptors (Lipinski definition) is 15. The van der Waals surface area contributed by atoms with Gasteiger partial charge in [0.15, 0.2) is 23.4 Å². The lowest BCUT2D eigenvalue weighted by Gasteiger charge is -2.40. The topological polar surface area (TPSA) is 212 Å². The molecule has 6 N–H and O–H groups in total. The molecule has 2 saturated heterocycles.